The van der Waals surface area contributed by atoms with Crippen molar-refractivity contribution in [3.05, 3.63) is 24.5 Å². The molecule has 0 saturated carbocycles. The standard InChI is InChI=1S/C14H21N3O2/c1-3-5-11(4-2)14(19)16-10-13(18)17-12-6-8-15-9-7-12/h6-9,11H,3-5,10H2,1-2H3,(H,16,19)(H,15,17,18). The van der Waals surface area contributed by atoms with Gasteiger partial charge in [0.05, 0.1) is 6.54 Å². The summed E-state index contributed by atoms with van der Waals surface area (Å²) in [4.78, 5) is 27.3. The van der Waals surface area contributed by atoms with E-state index in [4.69, 9.17) is 0 Å². The summed E-state index contributed by atoms with van der Waals surface area (Å²) in [5.74, 6) is -0.279. The zero-order valence-corrected chi connectivity index (χ0v) is 11.5. The highest BCUT2D eigenvalue weighted by Gasteiger charge is 2.15. The van der Waals surface area contributed by atoms with Crippen molar-refractivity contribution in [3.8, 4) is 0 Å². The highest BCUT2D eigenvalue weighted by atomic mass is 16.2. The Kier molecular flexibility index (Phi) is 6.57. The normalized spacial score (nSPS) is 11.7. The summed E-state index contributed by atoms with van der Waals surface area (Å²) in [6, 6.07) is 3.40. The van der Waals surface area contributed by atoms with Crippen LogP contribution in [0.2, 0.25) is 0 Å². The molecule has 0 bridgehead atoms. The molecule has 0 aromatic carbocycles. The SMILES string of the molecule is CCCC(CC)C(=O)NCC(=O)Nc1ccncc1. The molecule has 0 fully saturated rings. The Morgan fingerprint density at radius 3 is 2.53 bits per heavy atom. The van der Waals surface area contributed by atoms with Gasteiger partial charge in [-0.1, -0.05) is 20.3 Å². The summed E-state index contributed by atoms with van der Waals surface area (Å²) in [6.07, 6.45) is 5.82. The number of nitrogens with zero attached hydrogens (tertiary/aromatic N) is 1. The fourth-order valence-electron chi connectivity index (χ4n) is 1.82. The van der Waals surface area contributed by atoms with Gasteiger partial charge in [0.25, 0.3) is 0 Å². The lowest BCUT2D eigenvalue weighted by Gasteiger charge is -2.13. The number of nitrogens with one attached hydrogen (secondary N) is 2. The molecule has 1 rings (SSSR count). The summed E-state index contributed by atoms with van der Waals surface area (Å²) in [5.41, 5.74) is 0.676. The van der Waals surface area contributed by atoms with Crippen LogP contribution >= 0.6 is 0 Å². The minimum Gasteiger partial charge on any atom is -0.347 e. The predicted molar refractivity (Wildman–Crippen MR) is 74.6 cm³/mol. The maximum absolute atomic E-state index is 11.8. The van der Waals surface area contributed by atoms with Gasteiger partial charge in [-0.05, 0) is 25.0 Å². The summed E-state index contributed by atoms with van der Waals surface area (Å²) in [7, 11) is 0. The van der Waals surface area contributed by atoms with E-state index in [2.05, 4.69) is 15.6 Å². The molecule has 1 unspecified atom stereocenters. The molecule has 104 valence electrons. The smallest absolute Gasteiger partial charge is 0.243 e. The van der Waals surface area contributed by atoms with Crippen LogP contribution < -0.4 is 10.6 Å². The second-order valence-corrected chi connectivity index (χ2v) is 4.40. The Bertz CT molecular complexity index is 406. The first-order valence-electron chi connectivity index (χ1n) is 6.65. The summed E-state index contributed by atoms with van der Waals surface area (Å²) < 4.78 is 0. The molecule has 0 aliphatic carbocycles. The minimum absolute atomic E-state index is 0.00118. The van der Waals surface area contributed by atoms with Crippen LogP contribution in [0.5, 0.6) is 0 Å². The van der Waals surface area contributed by atoms with Crippen LogP contribution in [-0.4, -0.2) is 23.3 Å². The molecule has 2 N–H and O–H groups in total. The molecule has 0 spiro atoms. The number of aromatic nitrogens is 1. The second kappa shape index (κ2) is 8.24. The molecular weight excluding hydrogens is 242 g/mol. The Morgan fingerprint density at radius 1 is 1.26 bits per heavy atom. The van der Waals surface area contributed by atoms with E-state index in [-0.39, 0.29) is 24.3 Å². The van der Waals surface area contributed by atoms with E-state index < -0.39 is 0 Å². The number of hydrogen-bond acceptors (Lipinski definition) is 3. The highest BCUT2D eigenvalue weighted by molar-refractivity contribution is 5.94. The van der Waals surface area contributed by atoms with Crippen molar-refractivity contribution in [1.82, 2.24) is 10.3 Å². The first-order chi connectivity index (χ1) is 9.17. The van der Waals surface area contributed by atoms with Gasteiger partial charge >= 0.3 is 0 Å². The van der Waals surface area contributed by atoms with Gasteiger partial charge in [-0.3, -0.25) is 14.6 Å². The van der Waals surface area contributed by atoms with E-state index in [1.807, 2.05) is 13.8 Å². The molecule has 2 amide bonds. The first kappa shape index (κ1) is 15.1. The number of pyridine rings is 1. The van der Waals surface area contributed by atoms with E-state index >= 15 is 0 Å². The van der Waals surface area contributed by atoms with E-state index in [0.717, 1.165) is 19.3 Å². The largest absolute Gasteiger partial charge is 0.347 e. The van der Waals surface area contributed by atoms with Crippen molar-refractivity contribution in [2.75, 3.05) is 11.9 Å². The number of carbonyl (C=O) groups excluding carboxylic acids is 2. The third-order valence-corrected chi connectivity index (χ3v) is 2.89. The van der Waals surface area contributed by atoms with Crippen LogP contribution in [-0.2, 0) is 9.59 Å². The van der Waals surface area contributed by atoms with Crippen LogP contribution in [0.1, 0.15) is 33.1 Å². The quantitative estimate of drug-likeness (QED) is 0.790. The highest BCUT2D eigenvalue weighted by Crippen LogP contribution is 2.10. The van der Waals surface area contributed by atoms with Crippen molar-refractivity contribution in [1.29, 1.82) is 0 Å². The number of anilines is 1. The number of hydrogen-bond donors (Lipinski definition) is 2. The molecule has 1 atom stereocenters. The number of amides is 2. The predicted octanol–water partition coefficient (Wildman–Crippen LogP) is 1.96. The minimum atomic E-state index is -0.231. The van der Waals surface area contributed by atoms with Gasteiger partial charge < -0.3 is 10.6 Å². The van der Waals surface area contributed by atoms with Gasteiger partial charge in [0.1, 0.15) is 0 Å². The van der Waals surface area contributed by atoms with E-state index in [0.29, 0.717) is 5.69 Å². The fourth-order valence-corrected chi connectivity index (χ4v) is 1.82. The molecule has 1 aromatic rings. The van der Waals surface area contributed by atoms with Gasteiger partial charge in [-0.25, -0.2) is 0 Å². The Balaban J connectivity index is 2.35. The maximum atomic E-state index is 11.8. The Labute approximate surface area is 113 Å². The van der Waals surface area contributed by atoms with Gasteiger partial charge in [-0.15, -0.1) is 0 Å². The molecule has 0 aliphatic heterocycles. The third kappa shape index (κ3) is 5.50. The van der Waals surface area contributed by atoms with Crippen LogP contribution in [0.4, 0.5) is 5.69 Å². The van der Waals surface area contributed by atoms with Crippen molar-refractivity contribution < 1.29 is 9.59 Å². The molecular formula is C14H21N3O2. The average Bonchev–Trinajstić information content (AvgIpc) is 2.43. The average molecular weight is 263 g/mol. The lowest BCUT2D eigenvalue weighted by molar-refractivity contribution is -0.127. The topological polar surface area (TPSA) is 71.1 Å². The van der Waals surface area contributed by atoms with E-state index in [9.17, 15) is 9.59 Å². The molecule has 19 heavy (non-hydrogen) atoms. The van der Waals surface area contributed by atoms with Crippen molar-refractivity contribution >= 4 is 17.5 Å². The Morgan fingerprint density at radius 2 is 1.95 bits per heavy atom. The molecule has 0 radical (unpaired) electrons. The molecule has 1 heterocycles. The van der Waals surface area contributed by atoms with Gasteiger partial charge in [-0.2, -0.15) is 0 Å². The Hall–Kier alpha value is -1.91. The van der Waals surface area contributed by atoms with Crippen molar-refractivity contribution in [3.63, 3.8) is 0 Å². The first-order valence-corrected chi connectivity index (χ1v) is 6.65. The molecule has 0 saturated heterocycles. The summed E-state index contributed by atoms with van der Waals surface area (Å²) >= 11 is 0. The number of rotatable bonds is 7. The van der Waals surface area contributed by atoms with Crippen molar-refractivity contribution in [2.24, 2.45) is 5.92 Å². The van der Waals surface area contributed by atoms with Crippen LogP contribution in [0.25, 0.3) is 0 Å². The molecule has 0 aliphatic rings. The molecule has 5 nitrogen and oxygen atoms in total. The lowest BCUT2D eigenvalue weighted by Crippen LogP contribution is -2.36. The summed E-state index contributed by atoms with van der Waals surface area (Å²) in [5, 5.41) is 5.36. The van der Waals surface area contributed by atoms with Crippen molar-refractivity contribution in [2.45, 2.75) is 33.1 Å². The van der Waals surface area contributed by atoms with Gasteiger partial charge in [0.2, 0.25) is 11.8 Å². The monoisotopic (exact) mass is 263 g/mol. The van der Waals surface area contributed by atoms with Crippen LogP contribution in [0, 0.1) is 5.92 Å². The van der Waals surface area contributed by atoms with Crippen LogP contribution in [0.15, 0.2) is 24.5 Å². The van der Waals surface area contributed by atoms with Crippen LogP contribution in [0.3, 0.4) is 0 Å². The zero-order valence-electron chi connectivity index (χ0n) is 11.5. The molecule has 5 heteroatoms. The van der Waals surface area contributed by atoms with E-state index in [1.165, 1.54) is 0 Å². The van der Waals surface area contributed by atoms with Gasteiger partial charge in [0, 0.05) is 24.0 Å². The zero-order chi connectivity index (χ0) is 14.1. The number of carbonyl (C=O) groups is 2. The van der Waals surface area contributed by atoms with E-state index in [1.54, 1.807) is 24.5 Å². The maximum Gasteiger partial charge on any atom is 0.243 e. The second-order valence-electron chi connectivity index (χ2n) is 4.40. The molecule has 1 aromatic heterocycles. The fraction of sp³-hybridized carbons (Fsp3) is 0.500. The lowest BCUT2D eigenvalue weighted by atomic mass is 10.00. The van der Waals surface area contributed by atoms with Gasteiger partial charge in [0.15, 0.2) is 0 Å². The summed E-state index contributed by atoms with van der Waals surface area (Å²) in [6.45, 7) is 4.03. The third-order valence-electron chi connectivity index (χ3n) is 2.89.